The van der Waals surface area contributed by atoms with Crippen LogP contribution in [0.5, 0.6) is 0 Å². The number of hydrogen-bond donors (Lipinski definition) is 1. The highest BCUT2D eigenvalue weighted by Gasteiger charge is 2.14. The first-order valence-corrected chi connectivity index (χ1v) is 7.85. The summed E-state index contributed by atoms with van der Waals surface area (Å²) in [7, 11) is 0. The highest BCUT2D eigenvalue weighted by Crippen LogP contribution is 2.22. The summed E-state index contributed by atoms with van der Waals surface area (Å²) in [5, 5.41) is 3.61. The molecule has 2 atom stereocenters. The molecule has 17 heavy (non-hydrogen) atoms. The van der Waals surface area contributed by atoms with Crippen molar-refractivity contribution in [1.29, 1.82) is 0 Å². The fraction of sp³-hybridized carbons (Fsp3) is 0.600. The van der Waals surface area contributed by atoms with E-state index >= 15 is 0 Å². The van der Waals surface area contributed by atoms with E-state index in [0.717, 1.165) is 12.5 Å². The van der Waals surface area contributed by atoms with Gasteiger partial charge in [0.15, 0.2) is 0 Å². The molecule has 0 aromatic heterocycles. The molecule has 1 fully saturated rings. The second-order valence-electron chi connectivity index (χ2n) is 5.03. The molecule has 0 saturated carbocycles. The van der Waals surface area contributed by atoms with Crippen molar-refractivity contribution >= 4 is 11.8 Å². The highest BCUT2D eigenvalue weighted by atomic mass is 32.2. The molecule has 0 radical (unpaired) electrons. The van der Waals surface area contributed by atoms with Crippen molar-refractivity contribution in [2.45, 2.75) is 25.7 Å². The van der Waals surface area contributed by atoms with E-state index in [2.05, 4.69) is 54.3 Å². The smallest absolute Gasteiger partial charge is 0.00123 e. The first-order valence-electron chi connectivity index (χ1n) is 6.69. The van der Waals surface area contributed by atoms with Crippen LogP contribution in [0.1, 0.15) is 31.2 Å². The zero-order valence-electron chi connectivity index (χ0n) is 10.7. The van der Waals surface area contributed by atoms with E-state index in [1.54, 1.807) is 0 Å². The fourth-order valence-electron chi connectivity index (χ4n) is 2.32. The molecule has 1 heterocycles. The second-order valence-corrected chi connectivity index (χ2v) is 6.18. The fourth-order valence-corrected chi connectivity index (χ4v) is 3.60. The van der Waals surface area contributed by atoms with Crippen molar-refractivity contribution in [2.24, 2.45) is 5.92 Å². The second kappa shape index (κ2) is 7.07. The average molecular weight is 249 g/mol. The van der Waals surface area contributed by atoms with Crippen molar-refractivity contribution in [3.63, 3.8) is 0 Å². The molecule has 1 aliphatic rings. The summed E-state index contributed by atoms with van der Waals surface area (Å²) >= 11 is 2.10. The Morgan fingerprint density at radius 2 is 2.18 bits per heavy atom. The number of benzene rings is 1. The average Bonchev–Trinajstić information content (AvgIpc) is 2.88. The zero-order chi connectivity index (χ0) is 11.9. The Balaban J connectivity index is 1.61. The molecular formula is C15H23NS. The van der Waals surface area contributed by atoms with Gasteiger partial charge in [0.1, 0.15) is 0 Å². The molecule has 0 aliphatic carbocycles. The Labute approximate surface area is 109 Å². The van der Waals surface area contributed by atoms with Crippen LogP contribution in [0, 0.1) is 5.92 Å². The van der Waals surface area contributed by atoms with Crippen LogP contribution in [-0.4, -0.2) is 24.6 Å². The molecule has 1 nitrogen and oxygen atoms in total. The molecule has 1 aromatic rings. The van der Waals surface area contributed by atoms with E-state index in [-0.39, 0.29) is 0 Å². The zero-order valence-corrected chi connectivity index (χ0v) is 11.5. The van der Waals surface area contributed by atoms with Gasteiger partial charge in [-0.25, -0.2) is 0 Å². The Hall–Kier alpha value is -0.470. The monoisotopic (exact) mass is 249 g/mol. The lowest BCUT2D eigenvalue weighted by atomic mass is 9.98. The molecule has 2 rings (SSSR count). The molecule has 1 N–H and O–H groups in total. The maximum atomic E-state index is 3.61. The maximum Gasteiger partial charge on any atom is -0.00123 e. The summed E-state index contributed by atoms with van der Waals surface area (Å²) in [6.07, 6.45) is 2.65. The summed E-state index contributed by atoms with van der Waals surface area (Å²) in [4.78, 5) is 0. The van der Waals surface area contributed by atoms with E-state index < -0.39 is 0 Å². The van der Waals surface area contributed by atoms with E-state index in [1.807, 2.05) is 0 Å². The minimum Gasteiger partial charge on any atom is -0.316 e. The lowest BCUT2D eigenvalue weighted by Gasteiger charge is -2.14. The van der Waals surface area contributed by atoms with Crippen LogP contribution < -0.4 is 5.32 Å². The predicted molar refractivity (Wildman–Crippen MR) is 77.8 cm³/mol. The molecular weight excluding hydrogens is 226 g/mol. The molecule has 0 bridgehead atoms. The van der Waals surface area contributed by atoms with Crippen molar-refractivity contribution in [2.75, 3.05) is 24.6 Å². The van der Waals surface area contributed by atoms with Gasteiger partial charge in [-0.15, -0.1) is 0 Å². The normalized spacial score (nSPS) is 21.6. The number of rotatable bonds is 6. The molecule has 94 valence electrons. The van der Waals surface area contributed by atoms with Gasteiger partial charge >= 0.3 is 0 Å². The van der Waals surface area contributed by atoms with Crippen molar-refractivity contribution in [3.05, 3.63) is 35.9 Å². The highest BCUT2D eigenvalue weighted by molar-refractivity contribution is 7.99. The van der Waals surface area contributed by atoms with Crippen LogP contribution in [0.4, 0.5) is 0 Å². The Bertz CT molecular complexity index is 306. The van der Waals surface area contributed by atoms with Gasteiger partial charge in [0.25, 0.3) is 0 Å². The lowest BCUT2D eigenvalue weighted by molar-refractivity contribution is 0.504. The van der Waals surface area contributed by atoms with Gasteiger partial charge in [-0.05, 0) is 54.8 Å². The van der Waals surface area contributed by atoms with E-state index in [9.17, 15) is 0 Å². The van der Waals surface area contributed by atoms with Gasteiger partial charge in [-0.1, -0.05) is 37.3 Å². The summed E-state index contributed by atoms with van der Waals surface area (Å²) in [6.45, 7) is 4.69. The Morgan fingerprint density at radius 1 is 1.35 bits per heavy atom. The van der Waals surface area contributed by atoms with E-state index in [1.165, 1.54) is 36.5 Å². The SMILES string of the molecule is CC(CCNCC1CCSC1)c1ccccc1. The minimum absolute atomic E-state index is 0.668. The third-order valence-electron chi connectivity index (χ3n) is 3.58. The van der Waals surface area contributed by atoms with Gasteiger partial charge in [0.2, 0.25) is 0 Å². The third-order valence-corrected chi connectivity index (χ3v) is 4.81. The number of thioether (sulfide) groups is 1. The van der Waals surface area contributed by atoms with Crippen molar-refractivity contribution in [3.8, 4) is 0 Å². The first-order chi connectivity index (χ1) is 8.36. The molecule has 0 spiro atoms. The Kier molecular flexibility index (Phi) is 5.40. The molecule has 1 aromatic carbocycles. The van der Waals surface area contributed by atoms with Gasteiger partial charge in [-0.3, -0.25) is 0 Å². The minimum atomic E-state index is 0.668. The van der Waals surface area contributed by atoms with Crippen molar-refractivity contribution in [1.82, 2.24) is 5.32 Å². The maximum absolute atomic E-state index is 3.61. The van der Waals surface area contributed by atoms with Crippen LogP contribution >= 0.6 is 11.8 Å². The molecule has 2 unspecified atom stereocenters. The summed E-state index contributed by atoms with van der Waals surface area (Å²) < 4.78 is 0. The van der Waals surface area contributed by atoms with Gasteiger partial charge in [-0.2, -0.15) is 11.8 Å². The quantitative estimate of drug-likeness (QED) is 0.774. The van der Waals surface area contributed by atoms with Crippen LogP contribution in [-0.2, 0) is 0 Å². The largest absolute Gasteiger partial charge is 0.316 e. The van der Waals surface area contributed by atoms with Gasteiger partial charge < -0.3 is 5.32 Å². The van der Waals surface area contributed by atoms with Crippen molar-refractivity contribution < 1.29 is 0 Å². The Morgan fingerprint density at radius 3 is 2.88 bits per heavy atom. The van der Waals surface area contributed by atoms with Crippen LogP contribution in [0.25, 0.3) is 0 Å². The topological polar surface area (TPSA) is 12.0 Å². The predicted octanol–water partition coefficient (Wildman–Crippen LogP) is 3.52. The summed E-state index contributed by atoms with van der Waals surface area (Å²) in [5.74, 6) is 4.32. The number of hydrogen-bond acceptors (Lipinski definition) is 2. The molecule has 2 heteroatoms. The van der Waals surface area contributed by atoms with Crippen LogP contribution in [0.15, 0.2) is 30.3 Å². The standard InChI is InChI=1S/C15H23NS/c1-13(15-5-3-2-4-6-15)7-9-16-11-14-8-10-17-12-14/h2-6,13-14,16H,7-12H2,1H3. The molecule has 1 saturated heterocycles. The molecule has 0 amide bonds. The van der Waals surface area contributed by atoms with Gasteiger partial charge in [0.05, 0.1) is 0 Å². The van der Waals surface area contributed by atoms with Gasteiger partial charge in [0, 0.05) is 0 Å². The first kappa shape index (κ1) is 13.0. The number of nitrogens with one attached hydrogen (secondary N) is 1. The van der Waals surface area contributed by atoms with E-state index in [0.29, 0.717) is 5.92 Å². The molecule has 1 aliphatic heterocycles. The lowest BCUT2D eigenvalue weighted by Crippen LogP contribution is -2.24. The van der Waals surface area contributed by atoms with Crippen LogP contribution in [0.2, 0.25) is 0 Å². The summed E-state index contributed by atoms with van der Waals surface area (Å²) in [6, 6.07) is 10.8. The van der Waals surface area contributed by atoms with E-state index in [4.69, 9.17) is 0 Å². The van der Waals surface area contributed by atoms with Crippen LogP contribution in [0.3, 0.4) is 0 Å². The third kappa shape index (κ3) is 4.36. The summed E-state index contributed by atoms with van der Waals surface area (Å²) in [5.41, 5.74) is 1.46.